The molecule has 2 aromatic rings. The summed E-state index contributed by atoms with van der Waals surface area (Å²) in [6.07, 6.45) is 2.61. The third-order valence-electron chi connectivity index (χ3n) is 1.98. The highest BCUT2D eigenvalue weighted by Gasteiger charge is 2.03. The van der Waals surface area contributed by atoms with Gasteiger partial charge in [0, 0.05) is 11.8 Å². The van der Waals surface area contributed by atoms with E-state index in [4.69, 9.17) is 0 Å². The number of carbonyl (C=O) groups excluding carboxylic acids is 1. The number of aromatic amines is 1. The van der Waals surface area contributed by atoms with Crippen molar-refractivity contribution in [3.05, 3.63) is 48.3 Å². The van der Waals surface area contributed by atoms with E-state index in [9.17, 15) is 4.79 Å². The first-order valence-corrected chi connectivity index (χ1v) is 4.10. The van der Waals surface area contributed by atoms with Crippen molar-refractivity contribution in [2.45, 2.75) is 0 Å². The third kappa shape index (κ3) is 1.38. The molecule has 64 valence electrons. The number of aldehydes is 1. The lowest BCUT2D eigenvalue weighted by Crippen LogP contribution is -1.82. The van der Waals surface area contributed by atoms with Crippen molar-refractivity contribution in [3.8, 4) is 11.1 Å². The number of rotatable bonds is 2. The van der Waals surface area contributed by atoms with Gasteiger partial charge in [-0.1, -0.05) is 30.3 Å². The average Bonchev–Trinajstić information content (AvgIpc) is 2.67. The van der Waals surface area contributed by atoms with Crippen molar-refractivity contribution >= 4 is 6.29 Å². The van der Waals surface area contributed by atoms with Gasteiger partial charge in [0.1, 0.15) is 0 Å². The van der Waals surface area contributed by atoms with Crippen molar-refractivity contribution in [1.29, 1.82) is 0 Å². The maximum atomic E-state index is 10.6. The van der Waals surface area contributed by atoms with Gasteiger partial charge >= 0.3 is 0 Å². The normalized spacial score (nSPS) is 9.85. The average molecular weight is 171 g/mol. The molecule has 0 aliphatic rings. The van der Waals surface area contributed by atoms with Crippen LogP contribution >= 0.6 is 0 Å². The molecule has 0 bridgehead atoms. The van der Waals surface area contributed by atoms with E-state index in [0.29, 0.717) is 5.69 Å². The van der Waals surface area contributed by atoms with Crippen LogP contribution in [0.2, 0.25) is 0 Å². The van der Waals surface area contributed by atoms with E-state index in [-0.39, 0.29) is 0 Å². The molecule has 2 heteroatoms. The molecule has 2 rings (SSSR count). The highest BCUT2D eigenvalue weighted by atomic mass is 16.1. The Balaban J connectivity index is 2.52. The Hall–Kier alpha value is -1.83. The summed E-state index contributed by atoms with van der Waals surface area (Å²) in [6, 6.07) is 11.7. The highest BCUT2D eigenvalue weighted by Crippen LogP contribution is 2.20. The fraction of sp³-hybridized carbons (Fsp3) is 0. The second-order valence-electron chi connectivity index (χ2n) is 2.79. The van der Waals surface area contributed by atoms with Gasteiger partial charge in [-0.25, -0.2) is 0 Å². The lowest BCUT2D eigenvalue weighted by atomic mass is 10.1. The number of benzene rings is 1. The van der Waals surface area contributed by atoms with E-state index in [0.717, 1.165) is 17.4 Å². The predicted molar refractivity (Wildman–Crippen MR) is 51.6 cm³/mol. The lowest BCUT2D eigenvalue weighted by molar-refractivity contribution is 0.112. The highest BCUT2D eigenvalue weighted by molar-refractivity contribution is 5.85. The maximum absolute atomic E-state index is 10.6. The Kier molecular flexibility index (Phi) is 1.96. The molecule has 0 fully saturated rings. The van der Waals surface area contributed by atoms with Crippen LogP contribution in [0.3, 0.4) is 0 Å². The van der Waals surface area contributed by atoms with Crippen LogP contribution in [-0.2, 0) is 0 Å². The van der Waals surface area contributed by atoms with Crippen molar-refractivity contribution < 1.29 is 4.79 Å². The zero-order chi connectivity index (χ0) is 9.10. The zero-order valence-electron chi connectivity index (χ0n) is 7.03. The van der Waals surface area contributed by atoms with E-state index < -0.39 is 0 Å². The Morgan fingerprint density at radius 3 is 2.54 bits per heavy atom. The van der Waals surface area contributed by atoms with Crippen LogP contribution in [0.15, 0.2) is 42.6 Å². The summed E-state index contributed by atoms with van der Waals surface area (Å²) in [7, 11) is 0. The molecule has 0 amide bonds. The van der Waals surface area contributed by atoms with Crippen LogP contribution in [0.4, 0.5) is 0 Å². The van der Waals surface area contributed by atoms with E-state index in [1.165, 1.54) is 0 Å². The van der Waals surface area contributed by atoms with Gasteiger partial charge in [0.05, 0.1) is 5.69 Å². The van der Waals surface area contributed by atoms with Gasteiger partial charge in [0.25, 0.3) is 0 Å². The fourth-order valence-electron chi connectivity index (χ4n) is 1.35. The standard InChI is InChI=1S/C11H9NO/c13-8-11-10(6-7-12-11)9-4-2-1-3-5-9/h1-8,12H. The molecular formula is C11H9NO. The summed E-state index contributed by atoms with van der Waals surface area (Å²) in [4.78, 5) is 13.5. The topological polar surface area (TPSA) is 32.9 Å². The monoisotopic (exact) mass is 171 g/mol. The molecule has 0 atom stereocenters. The first-order chi connectivity index (χ1) is 6.42. The van der Waals surface area contributed by atoms with Crippen LogP contribution in [0, 0.1) is 0 Å². The molecule has 1 aromatic carbocycles. The molecule has 0 saturated carbocycles. The number of nitrogens with one attached hydrogen (secondary N) is 1. The Morgan fingerprint density at radius 2 is 1.85 bits per heavy atom. The van der Waals surface area contributed by atoms with Crippen molar-refractivity contribution in [2.24, 2.45) is 0 Å². The molecule has 0 aliphatic carbocycles. The molecule has 1 heterocycles. The van der Waals surface area contributed by atoms with Gasteiger partial charge in [-0.3, -0.25) is 4.79 Å². The minimum absolute atomic E-state index is 0.631. The Labute approximate surface area is 76.2 Å². The fourth-order valence-corrected chi connectivity index (χ4v) is 1.35. The molecule has 0 radical (unpaired) electrons. The quantitative estimate of drug-likeness (QED) is 0.692. The van der Waals surface area contributed by atoms with Crippen LogP contribution < -0.4 is 0 Å². The zero-order valence-corrected chi connectivity index (χ0v) is 7.03. The molecule has 0 spiro atoms. The van der Waals surface area contributed by atoms with Gasteiger partial charge in [-0.2, -0.15) is 0 Å². The summed E-state index contributed by atoms with van der Waals surface area (Å²) in [5.41, 5.74) is 2.65. The summed E-state index contributed by atoms with van der Waals surface area (Å²) < 4.78 is 0. The Morgan fingerprint density at radius 1 is 1.08 bits per heavy atom. The van der Waals surface area contributed by atoms with Crippen LogP contribution in [0.25, 0.3) is 11.1 Å². The molecule has 1 N–H and O–H groups in total. The smallest absolute Gasteiger partial charge is 0.166 e. The van der Waals surface area contributed by atoms with Crippen molar-refractivity contribution in [1.82, 2.24) is 4.98 Å². The molecule has 0 saturated heterocycles. The molecule has 0 unspecified atom stereocenters. The molecule has 13 heavy (non-hydrogen) atoms. The van der Waals surface area contributed by atoms with Gasteiger partial charge in [-0.05, 0) is 11.6 Å². The van der Waals surface area contributed by atoms with Gasteiger partial charge < -0.3 is 4.98 Å². The molecule has 0 aliphatic heterocycles. The molecular weight excluding hydrogens is 162 g/mol. The second kappa shape index (κ2) is 3.27. The second-order valence-corrected chi connectivity index (χ2v) is 2.79. The first-order valence-electron chi connectivity index (χ1n) is 4.10. The summed E-state index contributed by atoms with van der Waals surface area (Å²) in [5, 5.41) is 0. The van der Waals surface area contributed by atoms with E-state index in [2.05, 4.69) is 4.98 Å². The number of aromatic nitrogens is 1. The van der Waals surface area contributed by atoms with Crippen LogP contribution in [0.5, 0.6) is 0 Å². The number of H-pyrrole nitrogens is 1. The van der Waals surface area contributed by atoms with Crippen LogP contribution in [-0.4, -0.2) is 11.3 Å². The van der Waals surface area contributed by atoms with Crippen molar-refractivity contribution in [2.75, 3.05) is 0 Å². The van der Waals surface area contributed by atoms with Gasteiger partial charge in [0.15, 0.2) is 6.29 Å². The minimum atomic E-state index is 0.631. The van der Waals surface area contributed by atoms with E-state index in [1.54, 1.807) is 6.20 Å². The van der Waals surface area contributed by atoms with Crippen molar-refractivity contribution in [3.63, 3.8) is 0 Å². The van der Waals surface area contributed by atoms with Gasteiger partial charge in [-0.15, -0.1) is 0 Å². The maximum Gasteiger partial charge on any atom is 0.166 e. The largest absolute Gasteiger partial charge is 0.359 e. The molecule has 2 nitrogen and oxygen atoms in total. The van der Waals surface area contributed by atoms with E-state index >= 15 is 0 Å². The minimum Gasteiger partial charge on any atom is -0.359 e. The lowest BCUT2D eigenvalue weighted by Gasteiger charge is -1.97. The summed E-state index contributed by atoms with van der Waals surface area (Å²) in [5.74, 6) is 0. The number of hydrogen-bond donors (Lipinski definition) is 1. The number of hydrogen-bond acceptors (Lipinski definition) is 1. The molecule has 1 aromatic heterocycles. The number of carbonyl (C=O) groups is 1. The van der Waals surface area contributed by atoms with Crippen LogP contribution in [0.1, 0.15) is 10.5 Å². The predicted octanol–water partition coefficient (Wildman–Crippen LogP) is 2.49. The summed E-state index contributed by atoms with van der Waals surface area (Å²) in [6.45, 7) is 0. The first kappa shape index (κ1) is 7.80. The third-order valence-corrected chi connectivity index (χ3v) is 1.98. The Bertz CT molecular complexity index is 403. The SMILES string of the molecule is O=Cc1[nH]ccc1-c1ccccc1. The summed E-state index contributed by atoms with van der Waals surface area (Å²) >= 11 is 0. The van der Waals surface area contributed by atoms with Gasteiger partial charge in [0.2, 0.25) is 0 Å². The van der Waals surface area contributed by atoms with E-state index in [1.807, 2.05) is 36.4 Å².